The Bertz CT molecular complexity index is 1490. The Morgan fingerprint density at radius 3 is 2.68 bits per heavy atom. The normalized spacial score (nSPS) is 12.6. The number of aromatic nitrogens is 3. The third-order valence-corrected chi connectivity index (χ3v) is 5.72. The van der Waals surface area contributed by atoms with Gasteiger partial charge in [-0.2, -0.15) is 0 Å². The minimum absolute atomic E-state index is 0.0373. The quantitative estimate of drug-likeness (QED) is 0.454. The number of pyridine rings is 2. The van der Waals surface area contributed by atoms with Crippen LogP contribution >= 0.6 is 0 Å². The lowest BCUT2D eigenvalue weighted by Gasteiger charge is -2.07. The number of hydrogen-bond acceptors (Lipinski definition) is 4. The van der Waals surface area contributed by atoms with Crippen molar-refractivity contribution in [2.24, 2.45) is 5.92 Å². The average molecular weight is 450 g/mol. The maximum absolute atomic E-state index is 12.7. The van der Waals surface area contributed by atoms with Gasteiger partial charge in [0.15, 0.2) is 5.65 Å². The van der Waals surface area contributed by atoms with Crippen molar-refractivity contribution in [3.8, 4) is 11.8 Å². The van der Waals surface area contributed by atoms with Crippen molar-refractivity contribution < 1.29 is 9.59 Å². The summed E-state index contributed by atoms with van der Waals surface area (Å²) in [6, 6.07) is 12.8. The molecule has 0 aliphatic heterocycles. The Hall–Kier alpha value is -4.44. The molecule has 2 amide bonds. The van der Waals surface area contributed by atoms with Crippen LogP contribution in [0.2, 0.25) is 0 Å². The molecule has 1 aromatic carbocycles. The number of aryl methyl sites for hydroxylation is 2. The number of anilines is 2. The molecule has 0 atom stereocenters. The van der Waals surface area contributed by atoms with Crippen LogP contribution in [0.4, 0.5) is 11.5 Å². The molecule has 0 radical (unpaired) electrons. The molecule has 1 fully saturated rings. The largest absolute Gasteiger partial charge is 0.323 e. The Labute approximate surface area is 197 Å². The van der Waals surface area contributed by atoms with E-state index in [-0.39, 0.29) is 17.7 Å². The number of hydrogen-bond donors (Lipinski definition) is 2. The van der Waals surface area contributed by atoms with E-state index in [2.05, 4.69) is 32.4 Å². The number of amides is 2. The summed E-state index contributed by atoms with van der Waals surface area (Å²) in [5.41, 5.74) is 5.24. The van der Waals surface area contributed by atoms with Crippen molar-refractivity contribution in [3.05, 3.63) is 89.0 Å². The summed E-state index contributed by atoms with van der Waals surface area (Å²) in [5, 5.41) is 5.79. The first-order chi connectivity index (χ1) is 16.5. The van der Waals surface area contributed by atoms with Gasteiger partial charge in [0.2, 0.25) is 5.91 Å². The number of rotatable bonds is 4. The smallest absolute Gasteiger partial charge is 0.256 e. The zero-order chi connectivity index (χ0) is 23.7. The van der Waals surface area contributed by atoms with Crippen LogP contribution < -0.4 is 10.6 Å². The summed E-state index contributed by atoms with van der Waals surface area (Å²) >= 11 is 0. The molecule has 7 heteroatoms. The summed E-state index contributed by atoms with van der Waals surface area (Å²) in [6.45, 7) is 3.90. The number of nitrogens with zero attached hydrogens (tertiary/aromatic N) is 3. The highest BCUT2D eigenvalue weighted by Crippen LogP contribution is 2.30. The molecule has 0 bridgehead atoms. The predicted molar refractivity (Wildman–Crippen MR) is 131 cm³/mol. The van der Waals surface area contributed by atoms with Crippen LogP contribution in [0.15, 0.2) is 61.1 Å². The summed E-state index contributed by atoms with van der Waals surface area (Å²) in [7, 11) is 0. The topological polar surface area (TPSA) is 88.4 Å². The van der Waals surface area contributed by atoms with E-state index >= 15 is 0 Å². The van der Waals surface area contributed by atoms with Crippen LogP contribution in [0.1, 0.15) is 45.6 Å². The molecule has 1 saturated carbocycles. The second kappa shape index (κ2) is 8.83. The van der Waals surface area contributed by atoms with Gasteiger partial charge >= 0.3 is 0 Å². The van der Waals surface area contributed by atoms with Gasteiger partial charge in [-0.15, -0.1) is 0 Å². The van der Waals surface area contributed by atoms with Crippen molar-refractivity contribution >= 4 is 29.0 Å². The first-order valence-electron chi connectivity index (χ1n) is 11.1. The number of benzene rings is 1. The van der Waals surface area contributed by atoms with Gasteiger partial charge in [-0.25, -0.2) is 9.97 Å². The highest BCUT2D eigenvalue weighted by molar-refractivity contribution is 6.04. The zero-order valence-corrected chi connectivity index (χ0v) is 18.9. The lowest BCUT2D eigenvalue weighted by Crippen LogP contribution is -2.14. The second-order valence-corrected chi connectivity index (χ2v) is 8.47. The highest BCUT2D eigenvalue weighted by atomic mass is 16.2. The summed E-state index contributed by atoms with van der Waals surface area (Å²) in [4.78, 5) is 33.6. The second-order valence-electron chi connectivity index (χ2n) is 8.47. The molecular formula is C27H23N5O2. The molecule has 4 aromatic rings. The van der Waals surface area contributed by atoms with E-state index in [1.807, 2.05) is 54.8 Å². The van der Waals surface area contributed by atoms with Crippen molar-refractivity contribution in [2.45, 2.75) is 26.7 Å². The molecule has 1 aliphatic carbocycles. The molecule has 0 spiro atoms. The number of carbonyl (C=O) groups excluding carboxylic acids is 2. The third kappa shape index (κ3) is 4.52. The van der Waals surface area contributed by atoms with Gasteiger partial charge in [-0.1, -0.05) is 12.0 Å². The maximum Gasteiger partial charge on any atom is 0.256 e. The SMILES string of the molecule is Cc1ccnc(NC(=O)c2ccc(C)c(C#Cc3cnc4c(NC(=O)C5CC5)cccn34)c2)c1. The molecular weight excluding hydrogens is 426 g/mol. The van der Waals surface area contributed by atoms with Crippen molar-refractivity contribution in [1.29, 1.82) is 0 Å². The number of fused-ring (bicyclic) bond motifs is 1. The fourth-order valence-corrected chi connectivity index (χ4v) is 3.60. The van der Waals surface area contributed by atoms with E-state index in [9.17, 15) is 9.59 Å². The Morgan fingerprint density at radius 2 is 1.88 bits per heavy atom. The summed E-state index contributed by atoms with van der Waals surface area (Å²) < 4.78 is 1.85. The van der Waals surface area contributed by atoms with Gasteiger partial charge in [-0.05, 0) is 80.1 Å². The average Bonchev–Trinajstić information content (AvgIpc) is 3.59. The van der Waals surface area contributed by atoms with Gasteiger partial charge in [0, 0.05) is 29.4 Å². The van der Waals surface area contributed by atoms with E-state index in [1.54, 1.807) is 24.5 Å². The molecule has 0 saturated heterocycles. The number of carbonyl (C=O) groups is 2. The monoisotopic (exact) mass is 449 g/mol. The lowest BCUT2D eigenvalue weighted by atomic mass is 10.0. The van der Waals surface area contributed by atoms with Crippen LogP contribution in [-0.4, -0.2) is 26.2 Å². The van der Waals surface area contributed by atoms with Crippen LogP contribution in [-0.2, 0) is 4.79 Å². The van der Waals surface area contributed by atoms with E-state index in [0.29, 0.717) is 28.4 Å². The molecule has 1 aliphatic rings. The van der Waals surface area contributed by atoms with Crippen LogP contribution in [0.25, 0.3) is 5.65 Å². The predicted octanol–water partition coefficient (Wildman–Crippen LogP) is 4.35. The molecule has 2 N–H and O–H groups in total. The zero-order valence-electron chi connectivity index (χ0n) is 18.9. The highest BCUT2D eigenvalue weighted by Gasteiger charge is 2.30. The first-order valence-corrected chi connectivity index (χ1v) is 11.1. The maximum atomic E-state index is 12.7. The Kier molecular flexibility index (Phi) is 5.56. The minimum atomic E-state index is -0.244. The molecule has 168 valence electrons. The minimum Gasteiger partial charge on any atom is -0.323 e. The van der Waals surface area contributed by atoms with Crippen LogP contribution in [0.3, 0.4) is 0 Å². The molecule has 3 aromatic heterocycles. The van der Waals surface area contributed by atoms with Crippen LogP contribution in [0.5, 0.6) is 0 Å². The fraction of sp³-hybridized carbons (Fsp3) is 0.185. The Morgan fingerprint density at radius 1 is 1.03 bits per heavy atom. The summed E-state index contributed by atoms with van der Waals surface area (Å²) in [6.07, 6.45) is 7.10. The van der Waals surface area contributed by atoms with E-state index < -0.39 is 0 Å². The van der Waals surface area contributed by atoms with Crippen molar-refractivity contribution in [1.82, 2.24) is 14.4 Å². The molecule has 3 heterocycles. The standard InChI is InChI=1S/C27H23N5O2/c1-17-11-12-28-24(14-17)31-27(34)21-6-5-18(2)20(15-21)9-10-22-16-29-25-23(4-3-13-32(22)25)30-26(33)19-7-8-19/h3-6,11-16,19H,7-8H2,1-2H3,(H,30,33)(H,28,31,34). The van der Waals surface area contributed by atoms with Gasteiger partial charge in [0.1, 0.15) is 11.5 Å². The van der Waals surface area contributed by atoms with E-state index in [1.165, 1.54) is 0 Å². The van der Waals surface area contributed by atoms with E-state index in [0.717, 1.165) is 29.5 Å². The molecule has 34 heavy (non-hydrogen) atoms. The van der Waals surface area contributed by atoms with Gasteiger partial charge < -0.3 is 10.6 Å². The van der Waals surface area contributed by atoms with Gasteiger partial charge in [-0.3, -0.25) is 14.0 Å². The lowest BCUT2D eigenvalue weighted by molar-refractivity contribution is -0.117. The summed E-state index contributed by atoms with van der Waals surface area (Å²) in [5.74, 6) is 6.74. The number of nitrogens with one attached hydrogen (secondary N) is 2. The van der Waals surface area contributed by atoms with Gasteiger partial charge in [0.25, 0.3) is 5.91 Å². The Balaban J connectivity index is 1.40. The third-order valence-electron chi connectivity index (χ3n) is 5.72. The number of imidazole rings is 1. The van der Waals surface area contributed by atoms with Crippen molar-refractivity contribution in [3.63, 3.8) is 0 Å². The van der Waals surface area contributed by atoms with E-state index in [4.69, 9.17) is 0 Å². The first kappa shape index (κ1) is 21.4. The molecule has 7 nitrogen and oxygen atoms in total. The van der Waals surface area contributed by atoms with Gasteiger partial charge in [0.05, 0.1) is 11.9 Å². The molecule has 0 unspecified atom stereocenters. The van der Waals surface area contributed by atoms with Crippen molar-refractivity contribution in [2.75, 3.05) is 10.6 Å². The molecule has 5 rings (SSSR count). The fourth-order valence-electron chi connectivity index (χ4n) is 3.60. The van der Waals surface area contributed by atoms with Crippen LogP contribution in [0, 0.1) is 31.6 Å².